The Morgan fingerprint density at radius 2 is 1.73 bits per heavy atom. The van der Waals surface area contributed by atoms with Crippen LogP contribution < -0.4 is 4.74 Å². The van der Waals surface area contributed by atoms with Crippen molar-refractivity contribution < 1.29 is 31.8 Å². The van der Waals surface area contributed by atoms with Crippen molar-refractivity contribution in [1.29, 1.82) is 0 Å². The summed E-state index contributed by atoms with van der Waals surface area (Å²) in [5.41, 5.74) is -0.187. The second-order valence-corrected chi connectivity index (χ2v) is 4.23. The Morgan fingerprint density at radius 3 is 2.36 bits per heavy atom. The molecular weight excluding hydrogens is 304 g/mol. The molecule has 0 N–H and O–H groups in total. The average Bonchev–Trinajstić information content (AvgIpc) is 2.45. The van der Waals surface area contributed by atoms with Gasteiger partial charge in [-0.1, -0.05) is 18.2 Å². The number of alkyl halides is 3. The molecule has 0 aliphatic heterocycles. The Balaban J connectivity index is 2.61. The number of esters is 1. The van der Waals surface area contributed by atoms with E-state index in [1.807, 2.05) is 0 Å². The number of halogens is 4. The Bertz CT molecular complexity index is 695. The van der Waals surface area contributed by atoms with Crippen LogP contribution in [0.1, 0.15) is 10.4 Å². The van der Waals surface area contributed by atoms with Crippen LogP contribution >= 0.6 is 0 Å². The van der Waals surface area contributed by atoms with Crippen LogP contribution in [0.3, 0.4) is 0 Å². The number of hydrogen-bond acceptors (Lipinski definition) is 3. The first-order valence-electron chi connectivity index (χ1n) is 6.05. The van der Waals surface area contributed by atoms with Gasteiger partial charge in [0.2, 0.25) is 0 Å². The van der Waals surface area contributed by atoms with Crippen LogP contribution in [0, 0.1) is 5.82 Å². The molecule has 2 aromatic carbocycles. The van der Waals surface area contributed by atoms with E-state index in [2.05, 4.69) is 9.47 Å². The van der Waals surface area contributed by atoms with Gasteiger partial charge < -0.3 is 9.47 Å². The van der Waals surface area contributed by atoms with Gasteiger partial charge in [0.15, 0.2) is 0 Å². The number of carbonyl (C=O) groups excluding carboxylic acids is 1. The summed E-state index contributed by atoms with van der Waals surface area (Å²) in [4.78, 5) is 11.7. The zero-order chi connectivity index (χ0) is 16.3. The van der Waals surface area contributed by atoms with Gasteiger partial charge in [0.25, 0.3) is 0 Å². The Kier molecular flexibility index (Phi) is 4.35. The molecule has 0 saturated carbocycles. The van der Waals surface area contributed by atoms with E-state index in [4.69, 9.17) is 0 Å². The maximum atomic E-state index is 13.5. The lowest BCUT2D eigenvalue weighted by molar-refractivity contribution is -0.274. The van der Waals surface area contributed by atoms with Gasteiger partial charge in [-0.2, -0.15) is 0 Å². The van der Waals surface area contributed by atoms with Crippen molar-refractivity contribution in [1.82, 2.24) is 0 Å². The van der Waals surface area contributed by atoms with E-state index in [-0.39, 0.29) is 16.7 Å². The van der Waals surface area contributed by atoms with Crippen molar-refractivity contribution in [3.63, 3.8) is 0 Å². The molecule has 0 aliphatic rings. The summed E-state index contributed by atoms with van der Waals surface area (Å²) < 4.78 is 59.3. The van der Waals surface area contributed by atoms with Gasteiger partial charge in [-0.25, -0.2) is 9.18 Å². The Labute approximate surface area is 123 Å². The molecule has 0 heterocycles. The van der Waals surface area contributed by atoms with E-state index >= 15 is 0 Å². The van der Waals surface area contributed by atoms with Crippen LogP contribution in [0.2, 0.25) is 0 Å². The first-order valence-corrected chi connectivity index (χ1v) is 6.05. The maximum absolute atomic E-state index is 13.5. The highest BCUT2D eigenvalue weighted by Crippen LogP contribution is 2.36. The predicted octanol–water partition coefficient (Wildman–Crippen LogP) is 4.18. The minimum Gasteiger partial charge on any atom is -0.465 e. The minimum atomic E-state index is -4.91. The number of ether oxygens (including phenoxy) is 2. The second-order valence-electron chi connectivity index (χ2n) is 4.23. The van der Waals surface area contributed by atoms with Crippen LogP contribution in [-0.4, -0.2) is 19.4 Å². The topological polar surface area (TPSA) is 35.5 Å². The molecule has 0 aliphatic carbocycles. The smallest absolute Gasteiger partial charge is 0.465 e. The quantitative estimate of drug-likeness (QED) is 0.630. The number of hydrogen-bond donors (Lipinski definition) is 0. The molecule has 0 atom stereocenters. The molecule has 22 heavy (non-hydrogen) atoms. The molecule has 0 saturated heterocycles. The highest BCUT2D eigenvalue weighted by molar-refractivity contribution is 5.98. The van der Waals surface area contributed by atoms with E-state index in [0.717, 1.165) is 31.4 Å². The maximum Gasteiger partial charge on any atom is 0.573 e. The lowest BCUT2D eigenvalue weighted by Crippen LogP contribution is -2.17. The third kappa shape index (κ3) is 3.55. The van der Waals surface area contributed by atoms with Crippen LogP contribution in [0.15, 0.2) is 42.5 Å². The third-order valence-electron chi connectivity index (χ3n) is 2.79. The van der Waals surface area contributed by atoms with E-state index in [1.54, 1.807) is 0 Å². The summed E-state index contributed by atoms with van der Waals surface area (Å²) >= 11 is 0. The molecule has 3 nitrogen and oxygen atoms in total. The molecule has 7 heteroatoms. The van der Waals surface area contributed by atoms with Crippen molar-refractivity contribution in [2.75, 3.05) is 7.11 Å². The van der Waals surface area contributed by atoms with Gasteiger partial charge in [-0.05, 0) is 24.3 Å². The van der Waals surface area contributed by atoms with Crippen LogP contribution in [0.25, 0.3) is 11.1 Å². The normalized spacial score (nSPS) is 11.1. The highest BCUT2D eigenvalue weighted by atomic mass is 19.4. The largest absolute Gasteiger partial charge is 0.573 e. The lowest BCUT2D eigenvalue weighted by Gasteiger charge is -2.15. The summed E-state index contributed by atoms with van der Waals surface area (Å²) in [5, 5.41) is 0. The van der Waals surface area contributed by atoms with Crippen LogP contribution in [0.4, 0.5) is 17.6 Å². The second kappa shape index (κ2) is 6.05. The number of carbonyl (C=O) groups is 1. The van der Waals surface area contributed by atoms with E-state index in [1.165, 1.54) is 18.2 Å². The van der Waals surface area contributed by atoms with Crippen LogP contribution in [0.5, 0.6) is 5.75 Å². The molecule has 116 valence electrons. The Hall–Kier alpha value is -2.57. The highest BCUT2D eigenvalue weighted by Gasteiger charge is 2.32. The summed E-state index contributed by atoms with van der Waals surface area (Å²) in [6, 6.07) is 8.26. The summed E-state index contributed by atoms with van der Waals surface area (Å²) in [7, 11) is 1.12. The zero-order valence-corrected chi connectivity index (χ0v) is 11.3. The van der Waals surface area contributed by atoms with Crippen molar-refractivity contribution in [2.45, 2.75) is 6.36 Å². The fourth-order valence-electron chi connectivity index (χ4n) is 1.93. The van der Waals surface area contributed by atoms with Crippen molar-refractivity contribution >= 4 is 5.97 Å². The molecule has 0 amide bonds. The average molecular weight is 314 g/mol. The molecule has 0 aromatic heterocycles. The number of methoxy groups -OCH3 is 1. The minimum absolute atomic E-state index is 0.0494. The van der Waals surface area contributed by atoms with Gasteiger partial charge in [-0.3, -0.25) is 0 Å². The summed E-state index contributed by atoms with van der Waals surface area (Å²) in [6.07, 6.45) is -4.91. The Morgan fingerprint density at radius 1 is 1.05 bits per heavy atom. The number of benzene rings is 2. The molecule has 0 unspecified atom stereocenters. The van der Waals surface area contributed by atoms with Gasteiger partial charge in [0.1, 0.15) is 11.6 Å². The van der Waals surface area contributed by atoms with E-state index < -0.39 is 23.9 Å². The standard InChI is InChI=1S/C15H10F4O3/c1-21-14(20)11-7-6-9(16)8-12(11)10-4-2-3-5-13(10)22-15(17,18)19/h2-8H,1H3. The van der Waals surface area contributed by atoms with Crippen molar-refractivity contribution in [3.8, 4) is 16.9 Å². The molecule has 0 spiro atoms. The van der Waals surface area contributed by atoms with Gasteiger partial charge in [-0.15, -0.1) is 13.2 Å². The predicted molar refractivity (Wildman–Crippen MR) is 69.9 cm³/mol. The molecule has 0 fully saturated rings. The molecule has 0 radical (unpaired) electrons. The van der Waals surface area contributed by atoms with Gasteiger partial charge in [0, 0.05) is 11.1 Å². The molecule has 2 rings (SSSR count). The first kappa shape index (κ1) is 15.8. The van der Waals surface area contributed by atoms with E-state index in [0.29, 0.717) is 0 Å². The van der Waals surface area contributed by atoms with Crippen molar-refractivity contribution in [2.24, 2.45) is 0 Å². The fraction of sp³-hybridized carbons (Fsp3) is 0.133. The number of para-hydroxylation sites is 1. The molecule has 0 bridgehead atoms. The number of rotatable bonds is 3. The fourth-order valence-corrected chi connectivity index (χ4v) is 1.93. The van der Waals surface area contributed by atoms with E-state index in [9.17, 15) is 22.4 Å². The molecular formula is C15H10F4O3. The first-order chi connectivity index (χ1) is 10.3. The van der Waals surface area contributed by atoms with Gasteiger partial charge >= 0.3 is 12.3 Å². The third-order valence-corrected chi connectivity index (χ3v) is 2.79. The summed E-state index contributed by atoms with van der Waals surface area (Å²) in [5.74, 6) is -2.04. The van der Waals surface area contributed by atoms with Gasteiger partial charge in [0.05, 0.1) is 12.7 Å². The lowest BCUT2D eigenvalue weighted by atomic mass is 9.98. The van der Waals surface area contributed by atoms with Crippen molar-refractivity contribution in [3.05, 3.63) is 53.8 Å². The monoisotopic (exact) mass is 314 g/mol. The SMILES string of the molecule is COC(=O)c1ccc(F)cc1-c1ccccc1OC(F)(F)F. The summed E-state index contributed by atoms with van der Waals surface area (Å²) in [6.45, 7) is 0. The molecule has 2 aromatic rings. The van der Waals surface area contributed by atoms with Crippen LogP contribution in [-0.2, 0) is 4.74 Å². The zero-order valence-electron chi connectivity index (χ0n) is 11.3.